The summed E-state index contributed by atoms with van der Waals surface area (Å²) in [4.78, 5) is 23.6. The van der Waals surface area contributed by atoms with E-state index in [0.717, 1.165) is 28.8 Å². The van der Waals surface area contributed by atoms with Crippen molar-refractivity contribution in [1.29, 1.82) is 0 Å². The molecule has 0 radical (unpaired) electrons. The highest BCUT2D eigenvalue weighted by atomic mass is 32.1. The Hall–Kier alpha value is -2.40. The van der Waals surface area contributed by atoms with Gasteiger partial charge in [-0.15, -0.1) is 11.3 Å². The maximum atomic E-state index is 12.7. The van der Waals surface area contributed by atoms with Crippen LogP contribution in [0, 0.1) is 5.92 Å². The molecule has 1 aliphatic carbocycles. The summed E-state index contributed by atoms with van der Waals surface area (Å²) in [6.45, 7) is 2.06. The summed E-state index contributed by atoms with van der Waals surface area (Å²) >= 11 is 1.63. The number of thiophene rings is 1. The van der Waals surface area contributed by atoms with E-state index in [-0.39, 0.29) is 5.91 Å². The van der Waals surface area contributed by atoms with Crippen LogP contribution in [0.2, 0.25) is 0 Å². The van der Waals surface area contributed by atoms with Crippen molar-refractivity contribution in [2.24, 2.45) is 5.92 Å². The van der Waals surface area contributed by atoms with Gasteiger partial charge in [0, 0.05) is 10.4 Å². The number of hydrogen-bond donors (Lipinski definition) is 3. The van der Waals surface area contributed by atoms with Gasteiger partial charge in [0.1, 0.15) is 0 Å². The van der Waals surface area contributed by atoms with Crippen LogP contribution in [0.4, 0.5) is 11.4 Å². The van der Waals surface area contributed by atoms with Crippen LogP contribution in [0.1, 0.15) is 35.7 Å². The summed E-state index contributed by atoms with van der Waals surface area (Å²) in [6.07, 6.45) is 2.31. The minimum atomic E-state index is -2.59. The SMILES string of the molecule is CCC1CC1(Cc1ccc(C(=O)Nc2cc(-c3cccs3)ccc2N)cc1)[PH](=O)O. The maximum absolute atomic E-state index is 12.7. The minimum absolute atomic E-state index is 0.236. The Bertz CT molecular complexity index is 1080. The van der Waals surface area contributed by atoms with Gasteiger partial charge < -0.3 is 15.9 Å². The first-order valence-corrected chi connectivity index (χ1v) is 12.2. The third kappa shape index (κ3) is 4.08. The Morgan fingerprint density at radius 3 is 2.63 bits per heavy atom. The van der Waals surface area contributed by atoms with Gasteiger partial charge in [0.15, 0.2) is 8.03 Å². The van der Waals surface area contributed by atoms with Crippen LogP contribution in [0.25, 0.3) is 10.4 Å². The summed E-state index contributed by atoms with van der Waals surface area (Å²) in [5, 5.41) is 4.45. The lowest BCUT2D eigenvalue weighted by atomic mass is 10.0. The number of nitrogens with two attached hydrogens (primary N) is 1. The molecule has 0 spiro atoms. The largest absolute Gasteiger partial charge is 0.397 e. The smallest absolute Gasteiger partial charge is 0.255 e. The standard InChI is InChI=1S/C23H25N2O3PS/c1-2-18-14-23(18,29(27)28)13-15-5-7-16(8-6-15)22(26)25-20-12-17(9-10-19(20)24)21-4-3-11-30-21/h3-12,18,29H,2,13-14,24H2,1H3,(H,25,26)(H,27,28). The molecule has 3 aromatic rings. The molecule has 0 bridgehead atoms. The molecule has 0 saturated heterocycles. The van der Waals surface area contributed by atoms with Crippen LogP contribution in [-0.4, -0.2) is 16.0 Å². The van der Waals surface area contributed by atoms with Gasteiger partial charge in [-0.3, -0.25) is 9.36 Å². The highest BCUT2D eigenvalue weighted by Gasteiger charge is 2.56. The molecule has 1 saturated carbocycles. The molecule has 1 aliphatic rings. The van der Waals surface area contributed by atoms with Crippen molar-refractivity contribution >= 4 is 36.6 Å². The summed E-state index contributed by atoms with van der Waals surface area (Å²) in [5.41, 5.74) is 9.66. The normalized spacial score (nSPS) is 21.2. The van der Waals surface area contributed by atoms with E-state index < -0.39 is 13.2 Å². The first-order valence-electron chi connectivity index (χ1n) is 10.00. The molecular weight excluding hydrogens is 415 g/mol. The number of nitrogens with one attached hydrogen (secondary N) is 1. The van der Waals surface area contributed by atoms with E-state index in [0.29, 0.717) is 29.3 Å². The lowest BCUT2D eigenvalue weighted by Gasteiger charge is -2.14. The average Bonchev–Trinajstić information content (AvgIpc) is 3.18. The van der Waals surface area contributed by atoms with Gasteiger partial charge in [-0.25, -0.2) is 0 Å². The first kappa shape index (κ1) is 20.9. The van der Waals surface area contributed by atoms with Gasteiger partial charge in [-0.1, -0.05) is 37.6 Å². The second-order valence-corrected chi connectivity index (χ2v) is 10.4. The number of amides is 1. The predicted octanol–water partition coefficient (Wildman–Crippen LogP) is 5.43. The quantitative estimate of drug-likeness (QED) is 0.337. The van der Waals surface area contributed by atoms with Crippen molar-refractivity contribution in [3.05, 3.63) is 71.1 Å². The zero-order valence-corrected chi connectivity index (χ0v) is 18.5. The van der Waals surface area contributed by atoms with Crippen molar-refractivity contribution in [2.45, 2.75) is 31.3 Å². The van der Waals surface area contributed by atoms with Crippen LogP contribution in [0.5, 0.6) is 0 Å². The zero-order chi connectivity index (χ0) is 21.3. The van der Waals surface area contributed by atoms with E-state index in [1.54, 1.807) is 29.5 Å². The number of carbonyl (C=O) groups is 1. The number of nitrogen functional groups attached to an aromatic ring is 1. The van der Waals surface area contributed by atoms with Crippen LogP contribution < -0.4 is 11.1 Å². The van der Waals surface area contributed by atoms with E-state index in [9.17, 15) is 14.3 Å². The van der Waals surface area contributed by atoms with Gasteiger partial charge in [-0.2, -0.15) is 0 Å². The van der Waals surface area contributed by atoms with Gasteiger partial charge in [0.2, 0.25) is 0 Å². The lowest BCUT2D eigenvalue weighted by molar-refractivity contribution is 0.102. The molecule has 4 N–H and O–H groups in total. The van der Waals surface area contributed by atoms with E-state index in [1.165, 1.54) is 0 Å². The Labute approximate surface area is 180 Å². The zero-order valence-electron chi connectivity index (χ0n) is 16.7. The molecule has 7 heteroatoms. The molecule has 1 heterocycles. The fourth-order valence-electron chi connectivity index (χ4n) is 4.06. The van der Waals surface area contributed by atoms with Crippen molar-refractivity contribution in [3.8, 4) is 10.4 Å². The molecule has 30 heavy (non-hydrogen) atoms. The number of benzene rings is 2. The third-order valence-electron chi connectivity index (χ3n) is 5.99. The molecule has 1 amide bonds. The highest BCUT2D eigenvalue weighted by molar-refractivity contribution is 7.40. The van der Waals surface area contributed by atoms with Crippen molar-refractivity contribution in [2.75, 3.05) is 11.1 Å². The molecule has 1 fully saturated rings. The van der Waals surface area contributed by atoms with Crippen molar-refractivity contribution < 1.29 is 14.3 Å². The highest BCUT2D eigenvalue weighted by Crippen LogP contribution is 2.62. The molecular formula is C23H25N2O3PS. The molecule has 2 aromatic carbocycles. The third-order valence-corrected chi connectivity index (χ3v) is 8.55. The van der Waals surface area contributed by atoms with Crippen molar-refractivity contribution in [3.63, 3.8) is 0 Å². The van der Waals surface area contributed by atoms with E-state index >= 15 is 0 Å². The molecule has 3 atom stereocenters. The molecule has 156 valence electrons. The van der Waals surface area contributed by atoms with Gasteiger partial charge >= 0.3 is 0 Å². The number of rotatable bonds is 7. The fourth-order valence-corrected chi connectivity index (χ4v) is 6.12. The Morgan fingerprint density at radius 1 is 1.27 bits per heavy atom. The summed E-state index contributed by atoms with van der Waals surface area (Å²) in [5.74, 6) is 0.0790. The second kappa shape index (κ2) is 8.38. The number of hydrogen-bond acceptors (Lipinski definition) is 4. The Balaban J connectivity index is 1.47. The topological polar surface area (TPSA) is 92.4 Å². The molecule has 4 rings (SSSR count). The van der Waals surface area contributed by atoms with Gasteiger partial charge in [-0.05, 0) is 65.6 Å². The molecule has 3 unspecified atom stereocenters. The fraction of sp³-hybridized carbons (Fsp3) is 0.261. The molecule has 1 aromatic heterocycles. The lowest BCUT2D eigenvalue weighted by Crippen LogP contribution is -2.14. The van der Waals surface area contributed by atoms with Gasteiger partial charge in [0.05, 0.1) is 16.5 Å². The number of anilines is 2. The van der Waals surface area contributed by atoms with Crippen LogP contribution in [-0.2, 0) is 11.0 Å². The van der Waals surface area contributed by atoms with Crippen LogP contribution in [0.3, 0.4) is 0 Å². The van der Waals surface area contributed by atoms with Gasteiger partial charge in [0.25, 0.3) is 5.91 Å². The molecule has 5 nitrogen and oxygen atoms in total. The van der Waals surface area contributed by atoms with Crippen LogP contribution >= 0.6 is 19.4 Å². The van der Waals surface area contributed by atoms with E-state index in [1.807, 2.05) is 41.8 Å². The van der Waals surface area contributed by atoms with E-state index in [2.05, 4.69) is 12.2 Å². The second-order valence-electron chi connectivity index (χ2n) is 7.88. The predicted molar refractivity (Wildman–Crippen MR) is 125 cm³/mol. The Morgan fingerprint density at radius 2 is 2.03 bits per heavy atom. The maximum Gasteiger partial charge on any atom is 0.255 e. The first-order chi connectivity index (χ1) is 14.4. The Kier molecular flexibility index (Phi) is 5.83. The average molecular weight is 441 g/mol. The number of carbonyl (C=O) groups excluding carboxylic acids is 1. The molecule has 0 aliphatic heterocycles. The van der Waals surface area contributed by atoms with Crippen molar-refractivity contribution in [1.82, 2.24) is 0 Å². The minimum Gasteiger partial charge on any atom is -0.397 e. The summed E-state index contributed by atoms with van der Waals surface area (Å²) in [6, 6.07) is 16.9. The van der Waals surface area contributed by atoms with Crippen LogP contribution in [0.15, 0.2) is 60.0 Å². The summed E-state index contributed by atoms with van der Waals surface area (Å²) in [7, 11) is -2.59. The monoisotopic (exact) mass is 440 g/mol. The summed E-state index contributed by atoms with van der Waals surface area (Å²) < 4.78 is 11.9. The van der Waals surface area contributed by atoms with E-state index in [4.69, 9.17) is 5.73 Å².